The lowest BCUT2D eigenvalue weighted by Gasteiger charge is -2.23. The fourth-order valence-electron chi connectivity index (χ4n) is 3.93. The molecule has 2 aromatic rings. The SMILES string of the molecule is C=CC(COc1cc(OCc2cccc(C#N)c2)c(CN2CC(O)CC2C(=O)O)cc1Cl)=C(C)C. The number of hydrogen-bond acceptors (Lipinski definition) is 6. The Balaban J connectivity index is 1.90. The van der Waals surface area contributed by atoms with Crippen LogP contribution in [0.3, 0.4) is 0 Å². The second-order valence-corrected chi connectivity index (χ2v) is 9.09. The fourth-order valence-corrected chi connectivity index (χ4v) is 4.17. The lowest BCUT2D eigenvalue weighted by molar-refractivity contribution is -0.142. The summed E-state index contributed by atoms with van der Waals surface area (Å²) in [6.07, 6.45) is 1.18. The number of hydrogen-bond donors (Lipinski definition) is 2. The molecule has 2 aromatic carbocycles. The van der Waals surface area contributed by atoms with Crippen LogP contribution in [0, 0.1) is 11.3 Å². The highest BCUT2D eigenvalue weighted by Gasteiger charge is 2.36. The number of nitriles is 1. The number of likely N-dealkylation sites (tertiary alicyclic amines) is 1. The second-order valence-electron chi connectivity index (χ2n) is 8.68. The predicted molar refractivity (Wildman–Crippen MR) is 133 cm³/mol. The van der Waals surface area contributed by atoms with Crippen LogP contribution in [0.1, 0.15) is 37.0 Å². The van der Waals surface area contributed by atoms with Crippen molar-refractivity contribution in [2.75, 3.05) is 13.2 Å². The van der Waals surface area contributed by atoms with E-state index < -0.39 is 18.1 Å². The van der Waals surface area contributed by atoms with Crippen molar-refractivity contribution < 1.29 is 24.5 Å². The predicted octanol–water partition coefficient (Wildman–Crippen LogP) is 4.71. The van der Waals surface area contributed by atoms with E-state index in [0.29, 0.717) is 27.6 Å². The third-order valence-corrected chi connectivity index (χ3v) is 6.17. The second kappa shape index (κ2) is 11.9. The van der Waals surface area contributed by atoms with E-state index in [9.17, 15) is 15.0 Å². The Kier molecular flexibility index (Phi) is 8.94. The van der Waals surface area contributed by atoms with E-state index >= 15 is 0 Å². The van der Waals surface area contributed by atoms with E-state index in [1.807, 2.05) is 19.9 Å². The monoisotopic (exact) mass is 496 g/mol. The van der Waals surface area contributed by atoms with E-state index in [-0.39, 0.29) is 32.7 Å². The lowest BCUT2D eigenvalue weighted by atomic mass is 10.1. The molecule has 0 amide bonds. The molecule has 7 nitrogen and oxygen atoms in total. The van der Waals surface area contributed by atoms with Crippen LogP contribution < -0.4 is 9.47 Å². The average Bonchev–Trinajstić information content (AvgIpc) is 3.20. The summed E-state index contributed by atoms with van der Waals surface area (Å²) in [6.45, 7) is 8.71. The summed E-state index contributed by atoms with van der Waals surface area (Å²) in [5, 5.41) is 29.1. The molecule has 0 aromatic heterocycles. The van der Waals surface area contributed by atoms with Crippen molar-refractivity contribution in [3.05, 3.63) is 81.9 Å². The van der Waals surface area contributed by atoms with Gasteiger partial charge in [-0.1, -0.05) is 42.0 Å². The minimum atomic E-state index is -0.984. The fraction of sp³-hybridized carbons (Fsp3) is 0.333. The molecule has 0 aliphatic carbocycles. The topological polar surface area (TPSA) is 103 Å². The minimum absolute atomic E-state index is 0.161. The first kappa shape index (κ1) is 26.3. The van der Waals surface area contributed by atoms with Gasteiger partial charge < -0.3 is 19.7 Å². The summed E-state index contributed by atoms with van der Waals surface area (Å²) in [7, 11) is 0. The van der Waals surface area contributed by atoms with Crippen LogP contribution in [0.4, 0.5) is 0 Å². The summed E-state index contributed by atoms with van der Waals surface area (Å²) in [5.74, 6) is -0.0789. The van der Waals surface area contributed by atoms with E-state index in [1.165, 1.54) is 0 Å². The zero-order valence-electron chi connectivity index (χ0n) is 19.8. The number of carbonyl (C=O) groups is 1. The van der Waals surface area contributed by atoms with Crippen molar-refractivity contribution in [2.24, 2.45) is 0 Å². The first-order valence-corrected chi connectivity index (χ1v) is 11.6. The summed E-state index contributed by atoms with van der Waals surface area (Å²) in [5.41, 5.74) is 4.03. The van der Waals surface area contributed by atoms with Gasteiger partial charge in [-0.15, -0.1) is 0 Å². The number of nitrogens with zero attached hydrogens (tertiary/aromatic N) is 2. The molecule has 1 heterocycles. The highest BCUT2D eigenvalue weighted by atomic mass is 35.5. The Morgan fingerprint density at radius 3 is 2.71 bits per heavy atom. The van der Waals surface area contributed by atoms with Crippen LogP contribution in [-0.2, 0) is 17.9 Å². The Morgan fingerprint density at radius 2 is 2.06 bits per heavy atom. The number of carboxylic acid groups (broad SMARTS) is 1. The van der Waals surface area contributed by atoms with Crippen molar-refractivity contribution in [2.45, 2.75) is 45.6 Å². The number of β-amino-alcohol motifs (C(OH)–C–C–N with tert-alkyl or cyclic N) is 1. The minimum Gasteiger partial charge on any atom is -0.488 e. The maximum Gasteiger partial charge on any atom is 0.321 e. The number of halogens is 1. The Morgan fingerprint density at radius 1 is 1.29 bits per heavy atom. The van der Waals surface area contributed by atoms with Crippen molar-refractivity contribution in [1.82, 2.24) is 4.90 Å². The molecule has 184 valence electrons. The molecular weight excluding hydrogens is 468 g/mol. The zero-order valence-corrected chi connectivity index (χ0v) is 20.6. The molecule has 0 bridgehead atoms. The molecule has 35 heavy (non-hydrogen) atoms. The molecule has 1 aliphatic rings. The third kappa shape index (κ3) is 6.86. The Bertz CT molecular complexity index is 1170. The number of allylic oxidation sites excluding steroid dienone is 1. The molecule has 2 unspecified atom stereocenters. The lowest BCUT2D eigenvalue weighted by Crippen LogP contribution is -2.35. The van der Waals surface area contributed by atoms with Gasteiger partial charge >= 0.3 is 5.97 Å². The smallest absolute Gasteiger partial charge is 0.321 e. The molecule has 1 saturated heterocycles. The largest absolute Gasteiger partial charge is 0.488 e. The van der Waals surface area contributed by atoms with Gasteiger partial charge in [-0.3, -0.25) is 9.69 Å². The molecule has 1 aliphatic heterocycles. The van der Waals surface area contributed by atoms with Crippen LogP contribution in [0.15, 0.2) is 60.2 Å². The number of rotatable bonds is 10. The highest BCUT2D eigenvalue weighted by Crippen LogP contribution is 2.35. The van der Waals surface area contributed by atoms with Crippen molar-refractivity contribution >= 4 is 17.6 Å². The van der Waals surface area contributed by atoms with Crippen LogP contribution in [0.25, 0.3) is 0 Å². The number of aliphatic carboxylic acids is 1. The van der Waals surface area contributed by atoms with Gasteiger partial charge in [0.25, 0.3) is 0 Å². The van der Waals surface area contributed by atoms with E-state index in [0.717, 1.165) is 16.7 Å². The molecule has 0 saturated carbocycles. The van der Waals surface area contributed by atoms with Gasteiger partial charge in [-0.2, -0.15) is 5.26 Å². The first-order valence-electron chi connectivity index (χ1n) is 11.2. The summed E-state index contributed by atoms with van der Waals surface area (Å²) < 4.78 is 12.1. The maximum absolute atomic E-state index is 11.7. The first-order chi connectivity index (χ1) is 16.7. The van der Waals surface area contributed by atoms with Crippen molar-refractivity contribution in [3.63, 3.8) is 0 Å². The van der Waals surface area contributed by atoms with Gasteiger partial charge in [0.2, 0.25) is 0 Å². The molecule has 3 rings (SSSR count). The highest BCUT2D eigenvalue weighted by molar-refractivity contribution is 6.32. The average molecular weight is 497 g/mol. The van der Waals surface area contributed by atoms with E-state index in [4.69, 9.17) is 26.3 Å². The number of ether oxygens (including phenoxy) is 2. The van der Waals surface area contributed by atoms with Gasteiger partial charge in [0.15, 0.2) is 0 Å². The molecule has 0 spiro atoms. The summed E-state index contributed by atoms with van der Waals surface area (Å²) in [6, 6.07) is 11.8. The molecule has 2 N–H and O–H groups in total. The van der Waals surface area contributed by atoms with Crippen LogP contribution in [-0.4, -0.2) is 46.4 Å². The van der Waals surface area contributed by atoms with Crippen molar-refractivity contribution in [1.29, 1.82) is 5.26 Å². The normalized spacial score (nSPS) is 17.5. The standard InChI is InChI=1S/C27H29ClN2O5/c1-4-20(17(2)3)16-35-26-11-25(34-15-19-7-5-6-18(8-19)12-29)21(9-23(26)28)13-30-14-22(31)10-24(30)27(32)33/h4-9,11,22,24,31H,1,10,13-16H2,2-3H3,(H,32,33). The van der Waals surface area contributed by atoms with Gasteiger partial charge in [-0.05, 0) is 43.2 Å². The van der Waals surface area contributed by atoms with Gasteiger partial charge in [0, 0.05) is 31.1 Å². The number of aliphatic hydroxyl groups excluding tert-OH is 1. The van der Waals surface area contributed by atoms with Gasteiger partial charge in [0.1, 0.15) is 30.8 Å². The van der Waals surface area contributed by atoms with Crippen LogP contribution in [0.2, 0.25) is 5.02 Å². The van der Waals surface area contributed by atoms with Crippen LogP contribution in [0.5, 0.6) is 11.5 Å². The maximum atomic E-state index is 11.7. The Hall–Kier alpha value is -3.31. The van der Waals surface area contributed by atoms with Gasteiger partial charge in [-0.25, -0.2) is 0 Å². The molecule has 0 radical (unpaired) electrons. The van der Waals surface area contributed by atoms with E-state index in [2.05, 4.69) is 12.6 Å². The number of carboxylic acids is 1. The molecule has 2 atom stereocenters. The molecule has 1 fully saturated rings. The van der Waals surface area contributed by atoms with E-state index in [1.54, 1.807) is 41.3 Å². The quantitative estimate of drug-likeness (QED) is 0.459. The molecular formula is C27H29ClN2O5. The third-order valence-electron chi connectivity index (χ3n) is 5.88. The Labute approximate surface area is 210 Å². The molecule has 8 heteroatoms. The van der Waals surface area contributed by atoms with Crippen molar-refractivity contribution in [3.8, 4) is 17.6 Å². The number of benzene rings is 2. The summed E-state index contributed by atoms with van der Waals surface area (Å²) in [4.78, 5) is 13.4. The number of aliphatic hydroxyl groups is 1. The van der Waals surface area contributed by atoms with Gasteiger partial charge in [0.05, 0.1) is 22.8 Å². The summed E-state index contributed by atoms with van der Waals surface area (Å²) >= 11 is 6.53. The zero-order chi connectivity index (χ0) is 25.5. The van der Waals surface area contributed by atoms with Crippen LogP contribution >= 0.6 is 11.6 Å².